The van der Waals surface area contributed by atoms with Gasteiger partial charge in [0.05, 0.1) is 12.2 Å². The van der Waals surface area contributed by atoms with Crippen molar-refractivity contribution < 1.29 is 14.7 Å². The number of nitrogens with zero attached hydrogens (tertiary/aromatic N) is 4. The van der Waals surface area contributed by atoms with Crippen LogP contribution in [-0.4, -0.2) is 69.0 Å². The number of carbonyl (C=O) groups excluding carboxylic acids is 2. The molecule has 0 unspecified atom stereocenters. The summed E-state index contributed by atoms with van der Waals surface area (Å²) in [6, 6.07) is 0. The molecular weight excluding hydrogens is 346 g/mol. The van der Waals surface area contributed by atoms with Gasteiger partial charge >= 0.3 is 0 Å². The van der Waals surface area contributed by atoms with Crippen LogP contribution in [0.2, 0.25) is 0 Å². The fourth-order valence-corrected chi connectivity index (χ4v) is 3.85. The van der Waals surface area contributed by atoms with Crippen molar-refractivity contribution in [1.29, 1.82) is 0 Å². The molecule has 1 aromatic heterocycles. The first kappa shape index (κ1) is 19.5. The lowest BCUT2D eigenvalue weighted by Gasteiger charge is -2.36. The fraction of sp³-hybridized carbons (Fsp3) is 0.684. The average Bonchev–Trinajstić information content (AvgIpc) is 2.65. The summed E-state index contributed by atoms with van der Waals surface area (Å²) in [4.78, 5) is 37.2. The first-order chi connectivity index (χ1) is 12.7. The van der Waals surface area contributed by atoms with Crippen LogP contribution in [-0.2, 0) is 22.6 Å². The van der Waals surface area contributed by atoms with Crippen LogP contribution in [0.5, 0.6) is 0 Å². The highest BCUT2D eigenvalue weighted by Gasteiger charge is 2.34. The summed E-state index contributed by atoms with van der Waals surface area (Å²) >= 11 is 0. The highest BCUT2D eigenvalue weighted by Crippen LogP contribution is 2.30. The lowest BCUT2D eigenvalue weighted by atomic mass is 9.94. The lowest BCUT2D eigenvalue weighted by molar-refractivity contribution is -0.149. The van der Waals surface area contributed by atoms with Crippen molar-refractivity contribution in [3.05, 3.63) is 17.1 Å². The van der Waals surface area contributed by atoms with Crippen LogP contribution < -0.4 is 5.32 Å². The second-order valence-electron chi connectivity index (χ2n) is 7.95. The van der Waals surface area contributed by atoms with Gasteiger partial charge in [-0.1, -0.05) is 0 Å². The number of amides is 2. The molecule has 1 aromatic rings. The van der Waals surface area contributed by atoms with Crippen molar-refractivity contribution >= 4 is 17.6 Å². The van der Waals surface area contributed by atoms with E-state index in [9.17, 15) is 14.7 Å². The number of anilines is 1. The number of likely N-dealkylation sites (tertiary alicyclic amines) is 1. The Morgan fingerprint density at radius 3 is 2.59 bits per heavy atom. The molecule has 0 saturated carbocycles. The molecule has 27 heavy (non-hydrogen) atoms. The molecule has 2 N–H and O–H groups in total. The Labute approximate surface area is 160 Å². The molecule has 1 fully saturated rings. The lowest BCUT2D eigenvalue weighted by Crippen LogP contribution is -2.49. The molecule has 8 heteroatoms. The monoisotopic (exact) mass is 375 g/mol. The number of piperidine rings is 1. The van der Waals surface area contributed by atoms with E-state index in [2.05, 4.69) is 5.32 Å². The summed E-state index contributed by atoms with van der Waals surface area (Å²) in [6.45, 7) is 6.98. The van der Waals surface area contributed by atoms with E-state index in [1.54, 1.807) is 16.7 Å². The van der Waals surface area contributed by atoms with Crippen molar-refractivity contribution in [2.75, 3.05) is 32.0 Å². The van der Waals surface area contributed by atoms with Crippen LogP contribution in [0.25, 0.3) is 0 Å². The van der Waals surface area contributed by atoms with Gasteiger partial charge in [-0.15, -0.1) is 0 Å². The Hall–Kier alpha value is -2.22. The van der Waals surface area contributed by atoms with Crippen LogP contribution in [0, 0.1) is 0 Å². The Bertz CT molecular complexity index is 726. The van der Waals surface area contributed by atoms with Crippen molar-refractivity contribution in [2.24, 2.45) is 0 Å². The van der Waals surface area contributed by atoms with Crippen molar-refractivity contribution in [1.82, 2.24) is 19.8 Å². The summed E-state index contributed by atoms with van der Waals surface area (Å²) in [5.74, 6) is 1.35. The van der Waals surface area contributed by atoms with Crippen LogP contribution >= 0.6 is 0 Å². The van der Waals surface area contributed by atoms with E-state index in [-0.39, 0.29) is 17.7 Å². The molecule has 2 aliphatic rings. The van der Waals surface area contributed by atoms with Gasteiger partial charge in [0.25, 0.3) is 5.91 Å². The van der Waals surface area contributed by atoms with Gasteiger partial charge in [0.2, 0.25) is 5.91 Å². The van der Waals surface area contributed by atoms with Crippen molar-refractivity contribution in [2.45, 2.75) is 58.1 Å². The molecule has 1 saturated heterocycles. The third-order valence-corrected chi connectivity index (χ3v) is 5.36. The molecule has 2 amide bonds. The third kappa shape index (κ3) is 4.05. The van der Waals surface area contributed by atoms with E-state index in [4.69, 9.17) is 9.97 Å². The van der Waals surface area contributed by atoms with Gasteiger partial charge < -0.3 is 20.2 Å². The van der Waals surface area contributed by atoms with E-state index in [0.717, 1.165) is 35.7 Å². The first-order valence-corrected chi connectivity index (χ1v) is 9.55. The van der Waals surface area contributed by atoms with E-state index in [1.165, 1.54) is 13.8 Å². The molecule has 2 aliphatic heterocycles. The predicted octanol–water partition coefficient (Wildman–Crippen LogP) is 0.900. The summed E-state index contributed by atoms with van der Waals surface area (Å²) in [5, 5.41) is 13.2. The molecule has 148 valence electrons. The number of nitrogens with one attached hydrogen (secondary N) is 1. The quantitative estimate of drug-likeness (QED) is 0.814. The minimum Gasteiger partial charge on any atom is -0.381 e. The summed E-state index contributed by atoms with van der Waals surface area (Å²) < 4.78 is 0. The van der Waals surface area contributed by atoms with E-state index >= 15 is 0 Å². The SMILES string of the molecule is CNc1nc([C@H]2CCCN(C(=O)C(C)(C)O)C2)nc2c1CN(C(C)=O)CC2. The molecule has 0 radical (unpaired) electrons. The zero-order valence-corrected chi connectivity index (χ0v) is 16.6. The summed E-state index contributed by atoms with van der Waals surface area (Å²) in [5.41, 5.74) is 0.584. The van der Waals surface area contributed by atoms with Gasteiger partial charge in [-0.2, -0.15) is 0 Å². The maximum atomic E-state index is 12.4. The molecule has 3 heterocycles. The minimum atomic E-state index is -1.37. The Morgan fingerprint density at radius 1 is 1.22 bits per heavy atom. The zero-order valence-electron chi connectivity index (χ0n) is 16.6. The second-order valence-corrected chi connectivity index (χ2v) is 7.95. The Morgan fingerprint density at radius 2 is 1.96 bits per heavy atom. The molecule has 3 rings (SSSR count). The maximum Gasteiger partial charge on any atom is 0.253 e. The Balaban J connectivity index is 1.85. The summed E-state index contributed by atoms with van der Waals surface area (Å²) in [6.07, 6.45) is 2.48. The topological polar surface area (TPSA) is 98.7 Å². The number of aliphatic hydroxyl groups is 1. The molecule has 1 atom stereocenters. The van der Waals surface area contributed by atoms with Gasteiger partial charge in [-0.25, -0.2) is 9.97 Å². The van der Waals surface area contributed by atoms with Crippen LogP contribution in [0.1, 0.15) is 56.6 Å². The van der Waals surface area contributed by atoms with Gasteiger partial charge in [0, 0.05) is 51.5 Å². The fourth-order valence-electron chi connectivity index (χ4n) is 3.85. The molecule has 0 aliphatic carbocycles. The smallest absolute Gasteiger partial charge is 0.253 e. The van der Waals surface area contributed by atoms with Crippen LogP contribution in [0.15, 0.2) is 0 Å². The average molecular weight is 375 g/mol. The van der Waals surface area contributed by atoms with E-state index < -0.39 is 5.60 Å². The van der Waals surface area contributed by atoms with Gasteiger partial charge in [0.1, 0.15) is 17.2 Å². The van der Waals surface area contributed by atoms with Gasteiger partial charge in [-0.05, 0) is 26.7 Å². The van der Waals surface area contributed by atoms with Crippen LogP contribution in [0.4, 0.5) is 5.82 Å². The minimum absolute atomic E-state index is 0.0493. The number of hydrogen-bond acceptors (Lipinski definition) is 6. The van der Waals surface area contributed by atoms with E-state index in [0.29, 0.717) is 32.6 Å². The highest BCUT2D eigenvalue weighted by atomic mass is 16.3. The molecule has 0 bridgehead atoms. The van der Waals surface area contributed by atoms with E-state index in [1.807, 2.05) is 7.05 Å². The molecular formula is C19H29N5O3. The Kier molecular flexibility index (Phi) is 5.37. The first-order valence-electron chi connectivity index (χ1n) is 9.55. The molecule has 0 spiro atoms. The highest BCUT2D eigenvalue weighted by molar-refractivity contribution is 5.84. The number of aromatic nitrogens is 2. The second kappa shape index (κ2) is 7.42. The summed E-state index contributed by atoms with van der Waals surface area (Å²) in [7, 11) is 1.82. The number of fused-ring (bicyclic) bond motifs is 1. The number of rotatable bonds is 3. The van der Waals surface area contributed by atoms with Crippen molar-refractivity contribution in [3.63, 3.8) is 0 Å². The number of carbonyl (C=O) groups is 2. The number of hydrogen-bond donors (Lipinski definition) is 2. The zero-order chi connectivity index (χ0) is 19.8. The molecule has 8 nitrogen and oxygen atoms in total. The van der Waals surface area contributed by atoms with Crippen molar-refractivity contribution in [3.8, 4) is 0 Å². The standard InChI is InChI=1S/C19H29N5O3/c1-12(25)23-9-7-15-14(11-23)17(20-4)22-16(21-15)13-6-5-8-24(10-13)18(26)19(2,3)27/h13,27H,5-11H2,1-4H3,(H,20,21,22)/t13-/m0/s1. The third-order valence-electron chi connectivity index (χ3n) is 5.36. The van der Waals surface area contributed by atoms with Gasteiger partial charge in [-0.3, -0.25) is 9.59 Å². The predicted molar refractivity (Wildman–Crippen MR) is 101 cm³/mol. The normalized spacial score (nSPS) is 20.3. The van der Waals surface area contributed by atoms with Gasteiger partial charge in [0.15, 0.2) is 0 Å². The largest absolute Gasteiger partial charge is 0.381 e. The molecule has 0 aromatic carbocycles. The maximum absolute atomic E-state index is 12.4. The van der Waals surface area contributed by atoms with Crippen LogP contribution in [0.3, 0.4) is 0 Å².